The lowest BCUT2D eigenvalue weighted by Gasteiger charge is -2.32. The maximum Gasteiger partial charge on any atom is 0.0619 e. The molecule has 1 atom stereocenters. The molecule has 0 aromatic carbocycles. The van der Waals surface area contributed by atoms with Gasteiger partial charge >= 0.3 is 0 Å². The number of rotatable bonds is 2. The highest BCUT2D eigenvalue weighted by molar-refractivity contribution is 7.37. The van der Waals surface area contributed by atoms with Crippen LogP contribution < -0.4 is 0 Å². The quantitative estimate of drug-likeness (QED) is 0.701. The maximum atomic E-state index is 9.98. The van der Waals surface area contributed by atoms with Crippen molar-refractivity contribution >= 4 is 8.58 Å². The van der Waals surface area contributed by atoms with Crippen molar-refractivity contribution < 1.29 is 5.11 Å². The fourth-order valence-electron chi connectivity index (χ4n) is 2.51. The molecular formula is C12H25OP. The Kier molecular flexibility index (Phi) is 4.87. The number of hydrogen-bond donors (Lipinski definition) is 1. The van der Waals surface area contributed by atoms with Crippen molar-refractivity contribution in [2.45, 2.75) is 63.6 Å². The van der Waals surface area contributed by atoms with E-state index in [0.717, 1.165) is 14.2 Å². The minimum atomic E-state index is -0.457. The largest absolute Gasteiger partial charge is 0.390 e. The summed E-state index contributed by atoms with van der Waals surface area (Å²) in [5, 5.41) is 9.98. The van der Waals surface area contributed by atoms with Gasteiger partial charge in [-0.25, -0.2) is 0 Å². The fraction of sp³-hybridized carbons (Fsp3) is 1.00. The van der Waals surface area contributed by atoms with Crippen molar-refractivity contribution in [2.75, 3.05) is 6.66 Å². The molecule has 14 heavy (non-hydrogen) atoms. The molecule has 0 amide bonds. The predicted octanol–water partition coefficient (Wildman–Crippen LogP) is 3.40. The summed E-state index contributed by atoms with van der Waals surface area (Å²) in [6.07, 6.45) is 7.87. The fourth-order valence-corrected chi connectivity index (χ4v) is 3.49. The lowest BCUT2D eigenvalue weighted by Crippen LogP contribution is -2.31. The molecule has 1 N–H and O–H groups in total. The zero-order valence-corrected chi connectivity index (χ0v) is 10.8. The van der Waals surface area contributed by atoms with Gasteiger partial charge in [-0.15, -0.1) is 8.58 Å². The van der Waals surface area contributed by atoms with Gasteiger partial charge in [0.2, 0.25) is 0 Å². The molecule has 0 aromatic heterocycles. The van der Waals surface area contributed by atoms with Crippen LogP contribution in [0.15, 0.2) is 0 Å². The molecule has 1 aliphatic carbocycles. The Hall–Kier alpha value is 0.390. The van der Waals surface area contributed by atoms with Gasteiger partial charge in [-0.1, -0.05) is 12.8 Å². The highest BCUT2D eigenvalue weighted by Gasteiger charge is 2.27. The first-order valence-corrected chi connectivity index (χ1v) is 7.51. The van der Waals surface area contributed by atoms with Crippen LogP contribution in [0.1, 0.15) is 52.4 Å². The molecule has 0 spiro atoms. The third kappa shape index (κ3) is 3.87. The van der Waals surface area contributed by atoms with E-state index in [2.05, 4.69) is 6.66 Å². The number of aliphatic hydroxyl groups is 1. The predicted molar refractivity (Wildman–Crippen MR) is 65.5 cm³/mol. The van der Waals surface area contributed by atoms with Crippen LogP contribution in [0.4, 0.5) is 0 Å². The van der Waals surface area contributed by atoms with E-state index in [1.165, 1.54) is 38.5 Å². The van der Waals surface area contributed by atoms with Crippen molar-refractivity contribution in [1.82, 2.24) is 0 Å². The Morgan fingerprint density at radius 2 is 1.57 bits per heavy atom. The van der Waals surface area contributed by atoms with Crippen LogP contribution in [0, 0.1) is 5.92 Å². The molecule has 0 radical (unpaired) electrons. The molecule has 1 rings (SSSR count). The first-order valence-electron chi connectivity index (χ1n) is 5.93. The zero-order valence-electron chi connectivity index (χ0n) is 9.84. The van der Waals surface area contributed by atoms with Crippen molar-refractivity contribution in [3.8, 4) is 0 Å². The molecule has 0 aliphatic heterocycles. The van der Waals surface area contributed by atoms with E-state index < -0.39 is 5.60 Å². The maximum absolute atomic E-state index is 9.98. The SMILES string of the molecule is CPC1CCCC(C(C)(C)O)CCC1. The topological polar surface area (TPSA) is 20.2 Å². The van der Waals surface area contributed by atoms with Gasteiger partial charge in [-0.3, -0.25) is 0 Å². The van der Waals surface area contributed by atoms with E-state index in [9.17, 15) is 5.11 Å². The van der Waals surface area contributed by atoms with Gasteiger partial charge in [0.1, 0.15) is 0 Å². The van der Waals surface area contributed by atoms with Crippen LogP contribution >= 0.6 is 8.58 Å². The smallest absolute Gasteiger partial charge is 0.0619 e. The average molecular weight is 216 g/mol. The molecule has 0 bridgehead atoms. The Bertz CT molecular complexity index is 152. The monoisotopic (exact) mass is 216 g/mol. The summed E-state index contributed by atoms with van der Waals surface area (Å²) in [7, 11) is 1.12. The second-order valence-corrected chi connectivity index (χ2v) is 6.59. The van der Waals surface area contributed by atoms with Crippen LogP contribution in [0.3, 0.4) is 0 Å². The van der Waals surface area contributed by atoms with E-state index in [0.29, 0.717) is 5.92 Å². The Labute approximate surface area is 90.5 Å². The van der Waals surface area contributed by atoms with Crippen LogP contribution in [0.25, 0.3) is 0 Å². The summed E-state index contributed by atoms with van der Waals surface area (Å²) in [5.41, 5.74) is 0.527. The molecule has 0 aromatic rings. The summed E-state index contributed by atoms with van der Waals surface area (Å²) in [6, 6.07) is 0. The van der Waals surface area contributed by atoms with E-state index in [1.54, 1.807) is 0 Å². The van der Waals surface area contributed by atoms with Crippen LogP contribution in [-0.2, 0) is 0 Å². The van der Waals surface area contributed by atoms with Gasteiger partial charge in [0, 0.05) is 0 Å². The van der Waals surface area contributed by atoms with Gasteiger partial charge in [0.15, 0.2) is 0 Å². The number of hydrogen-bond acceptors (Lipinski definition) is 1. The highest BCUT2D eigenvalue weighted by Crippen LogP contribution is 2.34. The van der Waals surface area contributed by atoms with Crippen molar-refractivity contribution in [3.05, 3.63) is 0 Å². The molecule has 1 unspecified atom stereocenters. The molecule has 1 fully saturated rings. The third-order valence-electron chi connectivity index (χ3n) is 3.62. The second kappa shape index (κ2) is 5.47. The Morgan fingerprint density at radius 3 is 1.93 bits per heavy atom. The van der Waals surface area contributed by atoms with Gasteiger partial charge in [0.05, 0.1) is 5.60 Å². The normalized spacial score (nSPS) is 31.7. The Balaban J connectivity index is 2.40. The Morgan fingerprint density at radius 1 is 1.07 bits per heavy atom. The molecular weight excluding hydrogens is 191 g/mol. The molecule has 0 heterocycles. The van der Waals surface area contributed by atoms with Crippen LogP contribution in [0.2, 0.25) is 0 Å². The lowest BCUT2D eigenvalue weighted by molar-refractivity contribution is 0.00570. The lowest BCUT2D eigenvalue weighted by atomic mass is 9.81. The molecule has 0 saturated heterocycles. The molecule has 84 valence electrons. The first kappa shape index (κ1) is 12.5. The third-order valence-corrected chi connectivity index (χ3v) is 5.01. The van der Waals surface area contributed by atoms with Gasteiger partial charge in [0.25, 0.3) is 0 Å². The zero-order chi connectivity index (χ0) is 10.6. The standard InChI is InChI=1S/C12H25OP/c1-12(2,13)10-6-4-8-11(14-3)9-5-7-10/h10-11,13-14H,4-9H2,1-3H3. The summed E-state index contributed by atoms with van der Waals surface area (Å²) < 4.78 is 0. The second-order valence-electron chi connectivity index (χ2n) is 5.20. The van der Waals surface area contributed by atoms with E-state index in [-0.39, 0.29) is 0 Å². The molecule has 1 saturated carbocycles. The van der Waals surface area contributed by atoms with E-state index in [4.69, 9.17) is 0 Å². The van der Waals surface area contributed by atoms with Crippen LogP contribution in [0.5, 0.6) is 0 Å². The van der Waals surface area contributed by atoms with Crippen LogP contribution in [-0.4, -0.2) is 23.0 Å². The highest BCUT2D eigenvalue weighted by atomic mass is 31.1. The summed E-state index contributed by atoms with van der Waals surface area (Å²) >= 11 is 0. The summed E-state index contributed by atoms with van der Waals surface area (Å²) in [4.78, 5) is 0. The van der Waals surface area contributed by atoms with E-state index in [1.807, 2.05) is 13.8 Å². The first-order chi connectivity index (χ1) is 6.54. The molecule has 2 heteroatoms. The minimum absolute atomic E-state index is 0.457. The van der Waals surface area contributed by atoms with Crippen molar-refractivity contribution in [3.63, 3.8) is 0 Å². The summed E-state index contributed by atoms with van der Waals surface area (Å²) in [5.74, 6) is 0.531. The molecule has 1 aliphatic rings. The molecule has 1 nitrogen and oxygen atoms in total. The van der Waals surface area contributed by atoms with Crippen molar-refractivity contribution in [2.24, 2.45) is 5.92 Å². The van der Waals surface area contributed by atoms with Gasteiger partial charge in [-0.2, -0.15) is 0 Å². The average Bonchev–Trinajstić information content (AvgIpc) is 2.01. The van der Waals surface area contributed by atoms with Gasteiger partial charge in [-0.05, 0) is 57.8 Å². The van der Waals surface area contributed by atoms with Crippen molar-refractivity contribution in [1.29, 1.82) is 0 Å². The summed E-state index contributed by atoms with van der Waals surface area (Å²) in [6.45, 7) is 6.27. The minimum Gasteiger partial charge on any atom is -0.390 e. The van der Waals surface area contributed by atoms with E-state index >= 15 is 0 Å². The van der Waals surface area contributed by atoms with Gasteiger partial charge < -0.3 is 5.11 Å².